The van der Waals surface area contributed by atoms with Crippen LogP contribution < -0.4 is 16.2 Å². The molecule has 166 valence electrons. The molecule has 1 aromatic heterocycles. The number of rotatable bonds is 5. The molecule has 2 aromatic rings. The zero-order chi connectivity index (χ0) is 22.1. The normalized spacial score (nSPS) is 19.8. The van der Waals surface area contributed by atoms with E-state index in [2.05, 4.69) is 11.9 Å². The number of amides is 1. The lowest BCUT2D eigenvalue weighted by atomic mass is 9.98. The summed E-state index contributed by atoms with van der Waals surface area (Å²) in [7, 11) is 1.68. The lowest BCUT2D eigenvalue weighted by molar-refractivity contribution is -0.0375. The number of nitrogens with two attached hydrogens (primary N) is 1. The first-order chi connectivity index (χ1) is 14.0. The summed E-state index contributed by atoms with van der Waals surface area (Å²) in [5.41, 5.74) is 6.97. The third-order valence-corrected chi connectivity index (χ3v) is 4.95. The largest absolute Gasteiger partial charge is 0.489 e. The summed E-state index contributed by atoms with van der Waals surface area (Å²) < 4.78 is 18.8. The number of hydrogen-bond donors (Lipinski definition) is 2. The van der Waals surface area contributed by atoms with E-state index < -0.39 is 5.60 Å². The minimum absolute atomic E-state index is 0.0812. The van der Waals surface area contributed by atoms with Gasteiger partial charge in [-0.15, -0.1) is 0 Å². The van der Waals surface area contributed by atoms with Crippen LogP contribution in [0.1, 0.15) is 34.1 Å². The fourth-order valence-corrected chi connectivity index (χ4v) is 3.74. The van der Waals surface area contributed by atoms with Crippen LogP contribution in [0.5, 0.6) is 5.75 Å². The number of ether oxygens (including phenoxy) is 3. The second kappa shape index (κ2) is 8.59. The van der Waals surface area contributed by atoms with E-state index in [1.165, 1.54) is 4.57 Å². The summed E-state index contributed by atoms with van der Waals surface area (Å²) >= 11 is 0. The van der Waals surface area contributed by atoms with Crippen molar-refractivity contribution in [2.75, 3.05) is 32.0 Å². The van der Waals surface area contributed by atoms with E-state index in [0.717, 1.165) is 6.42 Å². The Morgan fingerprint density at radius 2 is 2.00 bits per heavy atom. The number of nitrogen functional groups attached to an aromatic ring is 1. The van der Waals surface area contributed by atoms with E-state index in [9.17, 15) is 9.59 Å². The number of fused-ring (bicyclic) bond motifs is 1. The average Bonchev–Trinajstić information content (AvgIpc) is 2.90. The molecule has 0 spiro atoms. The van der Waals surface area contributed by atoms with Crippen molar-refractivity contribution in [3.05, 3.63) is 22.6 Å². The number of aromatic amines is 1. The predicted molar refractivity (Wildman–Crippen MR) is 115 cm³/mol. The monoisotopic (exact) mass is 420 g/mol. The Bertz CT molecular complexity index is 959. The van der Waals surface area contributed by atoms with Crippen LogP contribution in [0.15, 0.2) is 16.9 Å². The summed E-state index contributed by atoms with van der Waals surface area (Å²) in [6, 6.07) is 3.40. The number of aromatic nitrogens is 2. The molecule has 1 aliphatic heterocycles. The van der Waals surface area contributed by atoms with Gasteiger partial charge in [0.1, 0.15) is 23.5 Å². The summed E-state index contributed by atoms with van der Waals surface area (Å²) in [4.78, 5) is 28.7. The van der Waals surface area contributed by atoms with Gasteiger partial charge in [-0.2, -0.15) is 0 Å². The molecule has 2 atom stereocenters. The van der Waals surface area contributed by atoms with Gasteiger partial charge in [0.25, 0.3) is 0 Å². The predicted octanol–water partition coefficient (Wildman–Crippen LogP) is 2.49. The van der Waals surface area contributed by atoms with Crippen molar-refractivity contribution in [1.29, 1.82) is 0 Å². The van der Waals surface area contributed by atoms with Crippen molar-refractivity contribution in [2.24, 2.45) is 13.0 Å². The topological polar surface area (TPSA) is 112 Å². The number of H-pyrrole nitrogens is 1. The van der Waals surface area contributed by atoms with Gasteiger partial charge in [0.15, 0.2) is 0 Å². The van der Waals surface area contributed by atoms with Gasteiger partial charge in [-0.1, -0.05) is 6.92 Å². The number of piperidine rings is 1. The van der Waals surface area contributed by atoms with Crippen molar-refractivity contribution < 1.29 is 19.0 Å². The molecule has 2 heterocycles. The van der Waals surface area contributed by atoms with Crippen LogP contribution in [-0.4, -0.2) is 58.6 Å². The van der Waals surface area contributed by atoms with Crippen LogP contribution in [0.3, 0.4) is 0 Å². The molecule has 1 aromatic carbocycles. The summed E-state index contributed by atoms with van der Waals surface area (Å²) in [6.07, 6.45) is 0.477. The number of nitrogens with zero attached hydrogens (tertiary/aromatic N) is 2. The summed E-state index contributed by atoms with van der Waals surface area (Å²) in [5, 5.41) is 0. The third-order valence-electron chi connectivity index (χ3n) is 4.95. The number of carbonyl (C=O) groups is 1. The number of hydrogen-bond acceptors (Lipinski definition) is 6. The van der Waals surface area contributed by atoms with E-state index >= 15 is 0 Å². The van der Waals surface area contributed by atoms with Gasteiger partial charge in [0, 0.05) is 25.3 Å². The number of benzene rings is 1. The van der Waals surface area contributed by atoms with Gasteiger partial charge in [-0.05, 0) is 39.2 Å². The molecule has 0 unspecified atom stereocenters. The molecule has 30 heavy (non-hydrogen) atoms. The molecule has 0 saturated carbocycles. The number of anilines is 1. The van der Waals surface area contributed by atoms with Crippen molar-refractivity contribution in [3.63, 3.8) is 0 Å². The molecule has 9 nitrogen and oxygen atoms in total. The van der Waals surface area contributed by atoms with Gasteiger partial charge >= 0.3 is 11.8 Å². The minimum Gasteiger partial charge on any atom is -0.489 e. The Labute approximate surface area is 176 Å². The third kappa shape index (κ3) is 5.27. The van der Waals surface area contributed by atoms with E-state index in [4.69, 9.17) is 19.9 Å². The Morgan fingerprint density at radius 1 is 1.27 bits per heavy atom. The molecule has 0 bridgehead atoms. The summed E-state index contributed by atoms with van der Waals surface area (Å²) in [6.45, 7) is 9.48. The zero-order valence-corrected chi connectivity index (χ0v) is 18.4. The van der Waals surface area contributed by atoms with Gasteiger partial charge in [-0.25, -0.2) is 9.59 Å². The second-order valence-corrected chi connectivity index (χ2v) is 8.97. The van der Waals surface area contributed by atoms with E-state index in [0.29, 0.717) is 54.7 Å². The molecule has 9 heteroatoms. The SMILES string of the molecule is C[C@H]1C[C@@H](OCCOc2cc(N)cc3[nH]c(=O)n(C)c23)CN(C(=O)OC(C)(C)C)C1. The van der Waals surface area contributed by atoms with Gasteiger partial charge in [0.2, 0.25) is 0 Å². The Balaban J connectivity index is 1.56. The van der Waals surface area contributed by atoms with Crippen LogP contribution in [0.4, 0.5) is 10.5 Å². The van der Waals surface area contributed by atoms with Gasteiger partial charge in [0.05, 0.1) is 24.8 Å². The van der Waals surface area contributed by atoms with Crippen molar-refractivity contribution in [2.45, 2.75) is 45.8 Å². The van der Waals surface area contributed by atoms with Crippen LogP contribution in [0, 0.1) is 5.92 Å². The lowest BCUT2D eigenvalue weighted by Crippen LogP contribution is -2.48. The van der Waals surface area contributed by atoms with Gasteiger partial charge < -0.3 is 29.8 Å². The molecule has 1 amide bonds. The maximum atomic E-state index is 12.4. The molecule has 1 saturated heterocycles. The van der Waals surface area contributed by atoms with Crippen LogP contribution in [0.2, 0.25) is 0 Å². The molecule has 3 rings (SSSR count). The lowest BCUT2D eigenvalue weighted by Gasteiger charge is -2.37. The second-order valence-electron chi connectivity index (χ2n) is 8.97. The highest BCUT2D eigenvalue weighted by Gasteiger charge is 2.31. The maximum absolute atomic E-state index is 12.4. The fourth-order valence-electron chi connectivity index (χ4n) is 3.74. The van der Waals surface area contributed by atoms with Crippen molar-refractivity contribution >= 4 is 22.8 Å². The zero-order valence-electron chi connectivity index (χ0n) is 18.4. The number of imidazole rings is 1. The average molecular weight is 421 g/mol. The van der Waals surface area contributed by atoms with Crippen molar-refractivity contribution in [1.82, 2.24) is 14.5 Å². The van der Waals surface area contributed by atoms with Crippen molar-refractivity contribution in [3.8, 4) is 5.75 Å². The molecule has 0 radical (unpaired) electrons. The number of aryl methyl sites for hydroxylation is 1. The number of carbonyl (C=O) groups excluding carboxylic acids is 1. The first kappa shape index (κ1) is 22.0. The first-order valence-corrected chi connectivity index (χ1v) is 10.2. The fraction of sp³-hybridized carbons (Fsp3) is 0.619. The van der Waals surface area contributed by atoms with E-state index in [1.807, 2.05) is 20.8 Å². The van der Waals surface area contributed by atoms with Crippen LogP contribution in [-0.2, 0) is 16.5 Å². The van der Waals surface area contributed by atoms with Crippen LogP contribution in [0.25, 0.3) is 11.0 Å². The standard InChI is InChI=1S/C21H32N4O5/c1-13-8-15(12-25(11-13)20(27)30-21(2,3)4)28-6-7-29-17-10-14(22)9-16-18(17)24(5)19(26)23-16/h9-10,13,15H,6-8,11-12,22H2,1-5H3,(H,23,26)/t13-,15+/m0/s1. The molecule has 3 N–H and O–H groups in total. The highest BCUT2D eigenvalue weighted by atomic mass is 16.6. The highest BCUT2D eigenvalue weighted by Crippen LogP contribution is 2.27. The summed E-state index contributed by atoms with van der Waals surface area (Å²) in [5.74, 6) is 0.849. The molecule has 1 aliphatic rings. The minimum atomic E-state index is -0.525. The highest BCUT2D eigenvalue weighted by molar-refractivity contribution is 5.85. The van der Waals surface area contributed by atoms with E-state index in [1.54, 1.807) is 24.1 Å². The van der Waals surface area contributed by atoms with Gasteiger partial charge in [-0.3, -0.25) is 4.57 Å². The first-order valence-electron chi connectivity index (χ1n) is 10.2. The molecule has 0 aliphatic carbocycles. The molecular formula is C21H32N4O5. The molecular weight excluding hydrogens is 388 g/mol. The quantitative estimate of drug-likeness (QED) is 0.568. The number of nitrogens with one attached hydrogen (secondary N) is 1. The smallest absolute Gasteiger partial charge is 0.410 e. The Hall–Kier alpha value is -2.68. The maximum Gasteiger partial charge on any atom is 0.410 e. The Morgan fingerprint density at radius 3 is 2.70 bits per heavy atom. The molecule has 1 fully saturated rings. The number of likely N-dealkylation sites (tertiary alicyclic amines) is 1. The van der Waals surface area contributed by atoms with Crippen LogP contribution >= 0.6 is 0 Å². The van der Waals surface area contributed by atoms with E-state index in [-0.39, 0.29) is 17.9 Å². The Kier molecular flexibility index (Phi) is 6.30.